The monoisotopic (exact) mass is 296 g/mol. The van der Waals surface area contributed by atoms with Crippen molar-refractivity contribution in [3.63, 3.8) is 0 Å². The van der Waals surface area contributed by atoms with Gasteiger partial charge in [0.1, 0.15) is 10.8 Å². The number of rotatable bonds is 4. The van der Waals surface area contributed by atoms with Crippen LogP contribution >= 0.6 is 11.6 Å². The molecule has 5 nitrogen and oxygen atoms in total. The summed E-state index contributed by atoms with van der Waals surface area (Å²) in [7, 11) is 0. The van der Waals surface area contributed by atoms with Crippen LogP contribution in [0.15, 0.2) is 40.1 Å². The van der Waals surface area contributed by atoms with Gasteiger partial charge in [0, 0.05) is 24.7 Å². The lowest BCUT2D eigenvalue weighted by atomic mass is 10.1. The Balaban J connectivity index is 2.11. The van der Waals surface area contributed by atoms with E-state index in [2.05, 4.69) is 0 Å². The number of hydrogen-bond donors (Lipinski definition) is 1. The summed E-state index contributed by atoms with van der Waals surface area (Å²) in [5, 5.41) is -0.126. The molecule has 0 atom stereocenters. The largest absolute Gasteiger partial charge is 0.328 e. The minimum atomic E-state index is -0.669. The van der Waals surface area contributed by atoms with Gasteiger partial charge >= 0.3 is 5.69 Å². The highest BCUT2D eigenvalue weighted by Gasteiger charge is 2.08. The van der Waals surface area contributed by atoms with Gasteiger partial charge in [0.05, 0.1) is 0 Å². The zero-order valence-corrected chi connectivity index (χ0v) is 11.0. The van der Waals surface area contributed by atoms with Crippen molar-refractivity contribution in [1.29, 1.82) is 0 Å². The first-order chi connectivity index (χ1) is 9.47. The predicted octanol–water partition coefficient (Wildman–Crippen LogP) is 1.60. The third kappa shape index (κ3) is 3.21. The van der Waals surface area contributed by atoms with Gasteiger partial charge < -0.3 is 0 Å². The summed E-state index contributed by atoms with van der Waals surface area (Å²) in [4.78, 5) is 36.4. The normalized spacial score (nSPS) is 10.5. The fourth-order valence-electron chi connectivity index (χ4n) is 1.65. The highest BCUT2D eigenvalue weighted by Crippen LogP contribution is 2.06. The van der Waals surface area contributed by atoms with Gasteiger partial charge in [-0.15, -0.1) is 0 Å². The maximum absolute atomic E-state index is 12.7. The number of hydrogen-bond acceptors (Lipinski definition) is 3. The van der Waals surface area contributed by atoms with Crippen LogP contribution in [0.4, 0.5) is 4.39 Å². The molecule has 0 aliphatic rings. The standard InChI is InChI=1S/C13H10ClFN2O3/c14-10-7-17(13(20)16-12(10)19)6-5-11(18)8-1-3-9(15)4-2-8/h1-4,7H,5-6H2,(H,16,19,20). The summed E-state index contributed by atoms with van der Waals surface area (Å²) >= 11 is 5.61. The van der Waals surface area contributed by atoms with Crippen LogP contribution in [0.2, 0.25) is 5.02 Å². The lowest BCUT2D eigenvalue weighted by Gasteiger charge is -2.05. The molecule has 0 amide bonds. The molecule has 0 bridgehead atoms. The topological polar surface area (TPSA) is 71.9 Å². The number of benzene rings is 1. The van der Waals surface area contributed by atoms with E-state index in [1.165, 1.54) is 30.5 Å². The molecule has 0 spiro atoms. The zero-order valence-electron chi connectivity index (χ0n) is 10.2. The third-order valence-corrected chi connectivity index (χ3v) is 2.98. The molecule has 104 valence electrons. The quantitative estimate of drug-likeness (QED) is 0.871. The first-order valence-corrected chi connectivity index (χ1v) is 6.13. The van der Waals surface area contributed by atoms with E-state index in [4.69, 9.17) is 11.6 Å². The number of ketones is 1. The molecular formula is C13H10ClFN2O3. The van der Waals surface area contributed by atoms with Crippen molar-refractivity contribution in [2.24, 2.45) is 0 Å². The highest BCUT2D eigenvalue weighted by molar-refractivity contribution is 6.30. The Bertz CT molecular complexity index is 749. The van der Waals surface area contributed by atoms with Crippen molar-refractivity contribution in [1.82, 2.24) is 9.55 Å². The number of carbonyl (C=O) groups is 1. The number of halogens is 2. The predicted molar refractivity (Wildman–Crippen MR) is 71.7 cm³/mol. The van der Waals surface area contributed by atoms with Gasteiger partial charge in [0.15, 0.2) is 5.78 Å². The smallest absolute Gasteiger partial charge is 0.299 e. The summed E-state index contributed by atoms with van der Waals surface area (Å²) in [6.45, 7) is 0.0749. The molecule has 0 aliphatic heterocycles. The van der Waals surface area contributed by atoms with E-state index in [-0.39, 0.29) is 23.8 Å². The first kappa shape index (κ1) is 14.2. The molecule has 0 radical (unpaired) electrons. The number of nitrogens with zero attached hydrogens (tertiary/aromatic N) is 1. The molecule has 0 saturated heterocycles. The van der Waals surface area contributed by atoms with Gasteiger partial charge in [-0.25, -0.2) is 9.18 Å². The van der Waals surface area contributed by atoms with Crippen LogP contribution in [0, 0.1) is 5.82 Å². The summed E-state index contributed by atoms with van der Waals surface area (Å²) in [6, 6.07) is 5.13. The van der Waals surface area contributed by atoms with Crippen LogP contribution in [0.25, 0.3) is 0 Å². The van der Waals surface area contributed by atoms with E-state index in [1.54, 1.807) is 0 Å². The van der Waals surface area contributed by atoms with Crippen molar-refractivity contribution < 1.29 is 9.18 Å². The number of aryl methyl sites for hydroxylation is 1. The van der Waals surface area contributed by atoms with E-state index in [9.17, 15) is 18.8 Å². The van der Waals surface area contributed by atoms with Gasteiger partial charge in [0.2, 0.25) is 0 Å². The third-order valence-electron chi connectivity index (χ3n) is 2.71. The molecule has 2 rings (SSSR count). The van der Waals surface area contributed by atoms with Crippen LogP contribution < -0.4 is 11.2 Å². The molecule has 1 aromatic carbocycles. The minimum Gasteiger partial charge on any atom is -0.299 e. The Morgan fingerprint density at radius 1 is 1.25 bits per heavy atom. The van der Waals surface area contributed by atoms with Crippen LogP contribution in [0.3, 0.4) is 0 Å². The van der Waals surface area contributed by atoms with Gasteiger partial charge in [-0.3, -0.25) is 19.1 Å². The van der Waals surface area contributed by atoms with Gasteiger partial charge in [0.25, 0.3) is 5.56 Å². The van der Waals surface area contributed by atoms with Crippen LogP contribution in [0.5, 0.6) is 0 Å². The van der Waals surface area contributed by atoms with Gasteiger partial charge in [-0.05, 0) is 24.3 Å². The molecule has 0 saturated carbocycles. The summed E-state index contributed by atoms with van der Waals surface area (Å²) in [5.74, 6) is -0.663. The second-order valence-electron chi connectivity index (χ2n) is 4.11. The van der Waals surface area contributed by atoms with E-state index < -0.39 is 17.1 Å². The molecule has 7 heteroatoms. The SMILES string of the molecule is O=C(CCn1cc(Cl)c(=O)[nH]c1=O)c1ccc(F)cc1. The average Bonchev–Trinajstić information content (AvgIpc) is 2.42. The van der Waals surface area contributed by atoms with Gasteiger partial charge in [-0.1, -0.05) is 11.6 Å². The number of aromatic nitrogens is 2. The average molecular weight is 297 g/mol. The molecular weight excluding hydrogens is 287 g/mol. The lowest BCUT2D eigenvalue weighted by Crippen LogP contribution is -2.30. The first-order valence-electron chi connectivity index (χ1n) is 5.75. The summed E-state index contributed by atoms with van der Waals surface area (Å²) < 4.78 is 13.9. The molecule has 1 N–H and O–H groups in total. The summed E-state index contributed by atoms with van der Waals surface area (Å²) in [5.41, 5.74) is -0.945. The maximum atomic E-state index is 12.7. The molecule has 20 heavy (non-hydrogen) atoms. The fraction of sp³-hybridized carbons (Fsp3) is 0.154. The van der Waals surface area contributed by atoms with Crippen LogP contribution in [-0.4, -0.2) is 15.3 Å². The fourth-order valence-corrected chi connectivity index (χ4v) is 1.82. The second-order valence-corrected chi connectivity index (χ2v) is 4.52. The molecule has 0 unspecified atom stereocenters. The van der Waals surface area contributed by atoms with E-state index in [0.29, 0.717) is 5.56 Å². The Morgan fingerprint density at radius 3 is 2.55 bits per heavy atom. The number of aromatic amines is 1. The molecule has 0 aliphatic carbocycles. The van der Waals surface area contributed by atoms with E-state index >= 15 is 0 Å². The molecule has 0 fully saturated rings. The maximum Gasteiger partial charge on any atom is 0.328 e. The van der Waals surface area contributed by atoms with Crippen molar-refractivity contribution >= 4 is 17.4 Å². The van der Waals surface area contributed by atoms with Crippen LogP contribution in [0.1, 0.15) is 16.8 Å². The number of Topliss-reactive ketones (excluding diaryl/α,β-unsaturated/α-hetero) is 1. The Hall–Kier alpha value is -2.21. The second kappa shape index (κ2) is 5.83. The lowest BCUT2D eigenvalue weighted by molar-refractivity contribution is 0.0976. The van der Waals surface area contributed by atoms with Crippen LogP contribution in [-0.2, 0) is 6.54 Å². The molecule has 1 aromatic heterocycles. The molecule has 2 aromatic rings. The zero-order chi connectivity index (χ0) is 14.7. The van der Waals surface area contributed by atoms with Crippen molar-refractivity contribution in [3.8, 4) is 0 Å². The molecule has 1 heterocycles. The van der Waals surface area contributed by atoms with Crippen molar-refractivity contribution in [2.75, 3.05) is 0 Å². The van der Waals surface area contributed by atoms with E-state index in [0.717, 1.165) is 4.57 Å². The number of nitrogens with one attached hydrogen (secondary N) is 1. The van der Waals surface area contributed by atoms with Crippen molar-refractivity contribution in [2.45, 2.75) is 13.0 Å². The number of carbonyl (C=O) groups excluding carboxylic acids is 1. The van der Waals surface area contributed by atoms with E-state index in [1.807, 2.05) is 4.98 Å². The summed E-state index contributed by atoms with van der Waals surface area (Å²) in [6.07, 6.45) is 1.22. The Kier molecular flexibility index (Phi) is 4.14. The van der Waals surface area contributed by atoms with Gasteiger partial charge in [-0.2, -0.15) is 0 Å². The number of H-pyrrole nitrogens is 1. The minimum absolute atomic E-state index is 0.0356. The Labute approximate surface area is 117 Å². The highest BCUT2D eigenvalue weighted by atomic mass is 35.5. The van der Waals surface area contributed by atoms with Crippen molar-refractivity contribution in [3.05, 3.63) is 67.7 Å². The Morgan fingerprint density at radius 2 is 1.90 bits per heavy atom.